The number of benzene rings is 4. The predicted octanol–water partition coefficient (Wildman–Crippen LogP) is 9.99. The van der Waals surface area contributed by atoms with Crippen molar-refractivity contribution in [3.63, 3.8) is 0 Å². The van der Waals surface area contributed by atoms with E-state index in [9.17, 15) is 0 Å². The highest BCUT2D eigenvalue weighted by molar-refractivity contribution is 6.13. The molecule has 0 saturated heterocycles. The van der Waals surface area contributed by atoms with Crippen molar-refractivity contribution >= 4 is 54.8 Å². The van der Waals surface area contributed by atoms with Gasteiger partial charge in [-0.15, -0.1) is 0 Å². The molecule has 6 nitrogen and oxygen atoms in total. The molecule has 4 aromatic carbocycles. The molecular weight excluding hydrogens is 566 g/mol. The highest BCUT2D eigenvalue weighted by atomic mass is 16.5. The maximum absolute atomic E-state index is 6.60. The monoisotopic (exact) mass is 597 g/mol. The molecule has 5 heterocycles. The summed E-state index contributed by atoms with van der Waals surface area (Å²) in [5.41, 5.74) is 13.0. The zero-order chi connectivity index (χ0) is 31.3. The van der Waals surface area contributed by atoms with Crippen LogP contribution in [0.15, 0.2) is 97.3 Å². The number of rotatable bonds is 3. The quantitative estimate of drug-likeness (QED) is 0.190. The van der Waals surface area contributed by atoms with Gasteiger partial charge in [0.2, 0.25) is 0 Å². The maximum atomic E-state index is 6.60. The van der Waals surface area contributed by atoms with Crippen LogP contribution >= 0.6 is 0 Å². The van der Waals surface area contributed by atoms with Crippen molar-refractivity contribution in [2.75, 3.05) is 0 Å². The first-order chi connectivity index (χ1) is 22.4. The summed E-state index contributed by atoms with van der Waals surface area (Å²) in [5.74, 6) is 1.50. The smallest absolute Gasteiger partial charge is 0.146 e. The Morgan fingerprint density at radius 2 is 1.30 bits per heavy atom. The van der Waals surface area contributed by atoms with Crippen LogP contribution in [0.25, 0.3) is 66.0 Å². The van der Waals surface area contributed by atoms with E-state index in [1.54, 1.807) is 0 Å². The first kappa shape index (κ1) is 26.6. The minimum Gasteiger partial charge on any atom is -0.457 e. The Hall–Kier alpha value is -5.75. The molecule has 0 bridgehead atoms. The molecule has 0 amide bonds. The molecule has 0 saturated carbocycles. The Balaban J connectivity index is 1.23. The van der Waals surface area contributed by atoms with Gasteiger partial charge in [-0.25, -0.2) is 9.97 Å². The van der Waals surface area contributed by atoms with Crippen molar-refractivity contribution in [1.82, 2.24) is 23.8 Å². The van der Waals surface area contributed by atoms with E-state index in [-0.39, 0.29) is 0 Å². The highest BCUT2D eigenvalue weighted by Crippen LogP contribution is 2.38. The second kappa shape index (κ2) is 9.62. The van der Waals surface area contributed by atoms with Crippen LogP contribution in [0.3, 0.4) is 0 Å². The van der Waals surface area contributed by atoms with Crippen molar-refractivity contribution in [1.29, 1.82) is 0 Å². The number of hydrogen-bond acceptors (Lipinski definition) is 4. The molecule has 0 aliphatic rings. The molecule has 0 spiro atoms. The molecule has 222 valence electrons. The van der Waals surface area contributed by atoms with E-state index < -0.39 is 0 Å². The Morgan fingerprint density at radius 1 is 0.609 bits per heavy atom. The number of hydrogen-bond donors (Lipinski definition) is 0. The van der Waals surface area contributed by atoms with Crippen LogP contribution in [0.5, 0.6) is 11.5 Å². The van der Waals surface area contributed by atoms with Crippen molar-refractivity contribution in [2.24, 2.45) is 0 Å². The largest absolute Gasteiger partial charge is 0.457 e. The lowest BCUT2D eigenvalue weighted by molar-refractivity contribution is 0.484. The van der Waals surface area contributed by atoms with Gasteiger partial charge in [0.15, 0.2) is 0 Å². The lowest BCUT2D eigenvalue weighted by atomic mass is 9.98. The van der Waals surface area contributed by atoms with Crippen LogP contribution in [0.4, 0.5) is 0 Å². The average Bonchev–Trinajstić information content (AvgIpc) is 3.62. The Morgan fingerprint density at radius 3 is 2.09 bits per heavy atom. The highest BCUT2D eigenvalue weighted by Gasteiger charge is 2.18. The van der Waals surface area contributed by atoms with E-state index in [4.69, 9.17) is 19.7 Å². The summed E-state index contributed by atoms with van der Waals surface area (Å²) in [4.78, 5) is 15.0. The zero-order valence-corrected chi connectivity index (χ0v) is 26.4. The first-order valence-electron chi connectivity index (χ1n) is 15.6. The van der Waals surface area contributed by atoms with E-state index in [0.29, 0.717) is 0 Å². The fourth-order valence-electron chi connectivity index (χ4n) is 7.36. The van der Waals surface area contributed by atoms with Crippen LogP contribution in [-0.2, 0) is 0 Å². The molecule has 0 aliphatic carbocycles. The SMILES string of the molecule is Cc1cc(C)c(-c2cn3c4ccccc4c4ccc(Oc5ccc6c(c5)c5nc(C)c(C)n5c5cccnc65)cc4c3n2)c(C)c1. The van der Waals surface area contributed by atoms with Crippen molar-refractivity contribution in [3.8, 4) is 22.8 Å². The van der Waals surface area contributed by atoms with Gasteiger partial charge in [0, 0.05) is 45.2 Å². The van der Waals surface area contributed by atoms with Gasteiger partial charge in [0.25, 0.3) is 0 Å². The minimum atomic E-state index is 0.745. The number of aromatic nitrogens is 5. The second-order valence-corrected chi connectivity index (χ2v) is 12.4. The van der Waals surface area contributed by atoms with E-state index in [0.717, 1.165) is 78.0 Å². The van der Waals surface area contributed by atoms with E-state index in [1.807, 2.05) is 18.3 Å². The number of nitrogens with zero attached hydrogens (tertiary/aromatic N) is 5. The molecule has 0 aliphatic heterocycles. The summed E-state index contributed by atoms with van der Waals surface area (Å²) in [6.45, 7) is 10.6. The molecule has 9 aromatic rings. The van der Waals surface area contributed by atoms with Gasteiger partial charge in [-0.1, -0.05) is 35.9 Å². The van der Waals surface area contributed by atoms with Crippen LogP contribution in [0.1, 0.15) is 28.1 Å². The molecule has 9 rings (SSSR count). The predicted molar refractivity (Wildman–Crippen MR) is 187 cm³/mol. The molecule has 0 fully saturated rings. The summed E-state index contributed by atoms with van der Waals surface area (Å²) >= 11 is 0. The van der Waals surface area contributed by atoms with Crippen LogP contribution < -0.4 is 4.74 Å². The molecule has 0 radical (unpaired) electrons. The van der Waals surface area contributed by atoms with Crippen LogP contribution in [-0.4, -0.2) is 23.8 Å². The lowest BCUT2D eigenvalue weighted by Crippen LogP contribution is -1.95. The van der Waals surface area contributed by atoms with Gasteiger partial charge in [0.1, 0.15) is 22.8 Å². The van der Waals surface area contributed by atoms with Gasteiger partial charge in [0.05, 0.1) is 27.9 Å². The van der Waals surface area contributed by atoms with Gasteiger partial charge < -0.3 is 4.74 Å². The number of ether oxygens (including phenoxy) is 1. The molecule has 6 heteroatoms. The van der Waals surface area contributed by atoms with Gasteiger partial charge in [-0.3, -0.25) is 13.8 Å². The van der Waals surface area contributed by atoms with Gasteiger partial charge in [-0.2, -0.15) is 0 Å². The average molecular weight is 598 g/mol. The molecule has 0 unspecified atom stereocenters. The molecule has 0 N–H and O–H groups in total. The molecular formula is C40H31N5O. The lowest BCUT2D eigenvalue weighted by Gasteiger charge is -2.12. The fourth-order valence-corrected chi connectivity index (χ4v) is 7.36. The number of pyridine rings is 3. The van der Waals surface area contributed by atoms with Gasteiger partial charge >= 0.3 is 0 Å². The fraction of sp³-hybridized carbons (Fsp3) is 0.125. The first-order valence-corrected chi connectivity index (χ1v) is 15.6. The van der Waals surface area contributed by atoms with E-state index in [1.165, 1.54) is 27.6 Å². The third-order valence-electron chi connectivity index (χ3n) is 9.42. The minimum absolute atomic E-state index is 0.745. The number of imidazole rings is 2. The molecule has 46 heavy (non-hydrogen) atoms. The zero-order valence-electron chi connectivity index (χ0n) is 26.4. The second-order valence-electron chi connectivity index (χ2n) is 12.4. The molecule has 5 aromatic heterocycles. The summed E-state index contributed by atoms with van der Waals surface area (Å²) in [6, 6.07) is 29.6. The topological polar surface area (TPSA) is 56.7 Å². The van der Waals surface area contributed by atoms with Crippen LogP contribution in [0.2, 0.25) is 0 Å². The van der Waals surface area contributed by atoms with Crippen LogP contribution in [0, 0.1) is 34.6 Å². The standard InChI is InChI=1S/C40H31N5O/c1-22-17-23(2)37(24(3)18-22)34-21-44-35-10-7-6-9-30(35)29-14-12-27(19-32(29)39(44)43-34)46-28-13-15-31-33(20-28)40-42-25(4)26(5)45(40)36-11-8-16-41-38(31)36/h6-21H,1-5H3. The van der Waals surface area contributed by atoms with E-state index in [2.05, 4.69) is 122 Å². The third-order valence-corrected chi connectivity index (χ3v) is 9.42. The van der Waals surface area contributed by atoms with Crippen molar-refractivity contribution in [3.05, 3.63) is 125 Å². The van der Waals surface area contributed by atoms with E-state index >= 15 is 0 Å². The third kappa shape index (κ3) is 3.80. The van der Waals surface area contributed by atoms with Crippen molar-refractivity contribution in [2.45, 2.75) is 34.6 Å². The maximum Gasteiger partial charge on any atom is 0.146 e. The summed E-state index contributed by atoms with van der Waals surface area (Å²) in [7, 11) is 0. The summed E-state index contributed by atoms with van der Waals surface area (Å²) < 4.78 is 11.0. The Kier molecular flexibility index (Phi) is 5.57. The molecule has 0 atom stereocenters. The Labute approximate surface area is 265 Å². The van der Waals surface area contributed by atoms with Crippen molar-refractivity contribution < 1.29 is 4.74 Å². The van der Waals surface area contributed by atoms with Gasteiger partial charge in [-0.05, 0) is 106 Å². The summed E-state index contributed by atoms with van der Waals surface area (Å²) in [5, 5.41) is 5.43. The normalized spacial score (nSPS) is 12.0. The summed E-state index contributed by atoms with van der Waals surface area (Å²) in [6.07, 6.45) is 4.02. The Bertz CT molecular complexity index is 2710. The number of para-hydroxylation sites is 1. The number of aryl methyl sites for hydroxylation is 5. The number of fused-ring (bicyclic) bond motifs is 12.